The molecule has 282 valence electrons. The van der Waals surface area contributed by atoms with Gasteiger partial charge in [0.1, 0.15) is 24.7 Å². The van der Waals surface area contributed by atoms with Crippen molar-refractivity contribution in [3.8, 4) is 0 Å². The highest BCUT2D eigenvalue weighted by molar-refractivity contribution is 7.94. The number of hydrogen-bond acceptors (Lipinski definition) is 9. The van der Waals surface area contributed by atoms with Crippen molar-refractivity contribution in [2.75, 3.05) is 0 Å². The minimum Gasteiger partial charge on any atom is -0.481 e. The quantitative estimate of drug-likeness (QED) is 0.117. The first-order chi connectivity index (χ1) is 25.0. The van der Waals surface area contributed by atoms with Crippen molar-refractivity contribution < 1.29 is 52.1 Å². The van der Waals surface area contributed by atoms with Crippen LogP contribution in [-0.2, 0) is 45.2 Å². The maximum atomic E-state index is 13.9. The Morgan fingerprint density at radius 1 is 0.698 bits per heavy atom. The second-order valence-electron chi connectivity index (χ2n) is 12.9. The largest absolute Gasteiger partial charge is 0.481 e. The molecule has 3 aromatic rings. The maximum Gasteiger partial charge on any atom is 0.408 e. The van der Waals surface area contributed by atoms with Gasteiger partial charge < -0.3 is 36.2 Å². The summed E-state index contributed by atoms with van der Waals surface area (Å²) in [7, 11) is -3.99. The van der Waals surface area contributed by atoms with Gasteiger partial charge in [-0.25, -0.2) is 13.2 Å². The van der Waals surface area contributed by atoms with Crippen molar-refractivity contribution in [1.82, 2.24) is 21.3 Å². The molecule has 0 bridgehead atoms. The number of sulfone groups is 1. The number of carboxylic acid groups (broad SMARTS) is 2. The van der Waals surface area contributed by atoms with E-state index in [1.165, 1.54) is 36.4 Å². The Labute approximate surface area is 306 Å². The number of hydrogen-bond donors (Lipinski definition) is 6. The fourth-order valence-electron chi connectivity index (χ4n) is 4.89. The molecule has 4 amide bonds. The molecule has 0 spiro atoms. The molecule has 4 atom stereocenters. The fourth-order valence-corrected chi connectivity index (χ4v) is 5.98. The summed E-state index contributed by atoms with van der Waals surface area (Å²) in [6.45, 7) is 4.68. The number of nitrogens with one attached hydrogen (secondary N) is 4. The lowest BCUT2D eigenvalue weighted by molar-refractivity contribution is -0.140. The first-order valence-corrected chi connectivity index (χ1v) is 17.9. The lowest BCUT2D eigenvalue weighted by Gasteiger charge is -2.33. The molecular weight excluding hydrogens is 708 g/mol. The highest BCUT2D eigenvalue weighted by Gasteiger charge is 2.37. The Balaban J connectivity index is 1.83. The van der Waals surface area contributed by atoms with E-state index in [2.05, 4.69) is 21.3 Å². The third-order valence-corrected chi connectivity index (χ3v) is 9.03. The van der Waals surface area contributed by atoms with Gasteiger partial charge in [-0.1, -0.05) is 99.6 Å². The van der Waals surface area contributed by atoms with Gasteiger partial charge in [0.25, 0.3) is 0 Å². The van der Waals surface area contributed by atoms with E-state index in [1.807, 2.05) is 0 Å². The van der Waals surface area contributed by atoms with E-state index < -0.39 is 88.0 Å². The summed E-state index contributed by atoms with van der Waals surface area (Å²) < 4.78 is 30.7. The second kappa shape index (κ2) is 19.0. The smallest absolute Gasteiger partial charge is 0.408 e. The number of aliphatic carboxylic acids is 2. The van der Waals surface area contributed by atoms with E-state index >= 15 is 0 Å². The van der Waals surface area contributed by atoms with Crippen molar-refractivity contribution >= 4 is 45.6 Å². The zero-order valence-corrected chi connectivity index (χ0v) is 30.0. The Kier molecular flexibility index (Phi) is 14.8. The van der Waals surface area contributed by atoms with Crippen LogP contribution in [0.1, 0.15) is 50.8 Å². The molecule has 0 heterocycles. The van der Waals surface area contributed by atoms with Crippen LogP contribution in [0, 0.1) is 5.41 Å². The van der Waals surface area contributed by atoms with Crippen LogP contribution >= 0.6 is 0 Å². The molecule has 53 heavy (non-hydrogen) atoms. The van der Waals surface area contributed by atoms with Crippen LogP contribution < -0.4 is 21.3 Å². The first-order valence-electron chi connectivity index (χ1n) is 16.3. The topological polar surface area (TPSA) is 234 Å². The van der Waals surface area contributed by atoms with Crippen molar-refractivity contribution in [3.05, 3.63) is 114 Å². The molecule has 16 heteroatoms. The predicted octanol–water partition coefficient (Wildman–Crippen LogP) is 3.09. The van der Waals surface area contributed by atoms with E-state index in [0.717, 1.165) is 11.5 Å². The van der Waals surface area contributed by atoms with Crippen LogP contribution in [0.5, 0.6) is 0 Å². The summed E-state index contributed by atoms with van der Waals surface area (Å²) in [4.78, 5) is 76.9. The van der Waals surface area contributed by atoms with Gasteiger partial charge in [0, 0.05) is 5.41 Å². The van der Waals surface area contributed by atoms with Crippen molar-refractivity contribution in [2.24, 2.45) is 5.41 Å². The van der Waals surface area contributed by atoms with Crippen LogP contribution in [0.3, 0.4) is 0 Å². The Morgan fingerprint density at radius 2 is 1.25 bits per heavy atom. The molecule has 0 aliphatic rings. The van der Waals surface area contributed by atoms with Gasteiger partial charge in [-0.2, -0.15) is 0 Å². The molecule has 0 saturated heterocycles. The summed E-state index contributed by atoms with van der Waals surface area (Å²) >= 11 is 0. The number of carboxylic acids is 2. The molecule has 0 fully saturated rings. The SMILES string of the molecule is CC(C)(C)C(NC(=O)C(NC(=O)C(CC(=O)O)NC(=O)OCc1ccccc1)c1ccccc1)C(=O)NC(C=CS(=O)(=O)c1ccccc1)CC(=O)O. The average Bonchev–Trinajstić information content (AvgIpc) is 3.10. The molecule has 6 N–H and O–H groups in total. The number of benzene rings is 3. The van der Waals surface area contributed by atoms with Crippen LogP contribution in [0.4, 0.5) is 4.79 Å². The number of amides is 4. The highest BCUT2D eigenvalue weighted by Crippen LogP contribution is 2.22. The first kappa shape index (κ1) is 41.4. The zero-order chi connectivity index (χ0) is 39.2. The van der Waals surface area contributed by atoms with E-state index in [9.17, 15) is 47.4 Å². The lowest BCUT2D eigenvalue weighted by Crippen LogP contribution is -2.58. The Hall–Kier alpha value is -6.03. The average molecular weight is 751 g/mol. The Morgan fingerprint density at radius 3 is 1.79 bits per heavy atom. The van der Waals surface area contributed by atoms with Crippen molar-refractivity contribution in [1.29, 1.82) is 0 Å². The van der Waals surface area contributed by atoms with Gasteiger partial charge in [-0.15, -0.1) is 0 Å². The number of alkyl carbamates (subject to hydrolysis) is 1. The molecule has 0 aliphatic carbocycles. The highest BCUT2D eigenvalue weighted by atomic mass is 32.2. The molecule has 0 aromatic heterocycles. The minimum absolute atomic E-state index is 0.0460. The molecule has 3 rings (SSSR count). The van der Waals surface area contributed by atoms with Gasteiger partial charge in [0.05, 0.1) is 23.8 Å². The molecule has 3 aromatic carbocycles. The normalized spacial score (nSPS) is 13.8. The van der Waals surface area contributed by atoms with Crippen LogP contribution in [0.15, 0.2) is 107 Å². The maximum absolute atomic E-state index is 13.9. The third-order valence-electron chi connectivity index (χ3n) is 7.58. The van der Waals surface area contributed by atoms with Gasteiger partial charge in [-0.05, 0) is 34.8 Å². The summed E-state index contributed by atoms with van der Waals surface area (Å²) in [6.07, 6.45) is -1.60. The van der Waals surface area contributed by atoms with Gasteiger partial charge in [0.15, 0.2) is 9.84 Å². The van der Waals surface area contributed by atoms with Crippen molar-refractivity contribution in [2.45, 2.75) is 69.3 Å². The Bertz CT molecular complexity index is 1880. The summed E-state index contributed by atoms with van der Waals surface area (Å²) in [5, 5.41) is 29.5. The summed E-state index contributed by atoms with van der Waals surface area (Å²) in [5.74, 6) is -5.58. The summed E-state index contributed by atoms with van der Waals surface area (Å²) in [5.41, 5.74) is -0.137. The standard InChI is InChI=1S/C37H42N4O11S/c1-37(2,3)32(35(48)38-26(21-29(42)43)19-20-53(50,51)27-17-11-6-12-18-27)41-34(47)31(25-15-9-5-10-16-25)40-33(46)28(22-30(44)45)39-36(49)52-23-24-13-7-4-8-14-24/h4-20,26,28,31-32H,21-23H2,1-3H3,(H,38,48)(H,39,49)(H,40,46)(H,41,47)(H,42,43)(H,44,45). The molecular formula is C37H42N4O11S. The monoisotopic (exact) mass is 750 g/mol. The van der Waals surface area contributed by atoms with E-state index in [-0.39, 0.29) is 17.1 Å². The molecule has 0 saturated carbocycles. The lowest BCUT2D eigenvalue weighted by atomic mass is 9.85. The van der Waals surface area contributed by atoms with Gasteiger partial charge in [0.2, 0.25) is 17.7 Å². The molecule has 4 unspecified atom stereocenters. The number of carbonyl (C=O) groups excluding carboxylic acids is 4. The minimum atomic E-state index is -3.99. The molecule has 15 nitrogen and oxygen atoms in total. The molecule has 0 radical (unpaired) electrons. The number of rotatable bonds is 17. The summed E-state index contributed by atoms with van der Waals surface area (Å²) in [6, 6.07) is 17.9. The van der Waals surface area contributed by atoms with Gasteiger partial charge in [-0.3, -0.25) is 24.0 Å². The van der Waals surface area contributed by atoms with E-state index in [0.29, 0.717) is 5.56 Å². The van der Waals surface area contributed by atoms with Crippen molar-refractivity contribution in [3.63, 3.8) is 0 Å². The van der Waals surface area contributed by atoms with Crippen LogP contribution in [0.2, 0.25) is 0 Å². The van der Waals surface area contributed by atoms with E-state index in [1.54, 1.807) is 75.4 Å². The second-order valence-corrected chi connectivity index (χ2v) is 14.7. The number of carbonyl (C=O) groups is 6. The molecule has 0 aliphatic heterocycles. The van der Waals surface area contributed by atoms with Crippen LogP contribution in [0.25, 0.3) is 0 Å². The van der Waals surface area contributed by atoms with Gasteiger partial charge >= 0.3 is 18.0 Å². The number of ether oxygens (including phenoxy) is 1. The van der Waals surface area contributed by atoms with Crippen LogP contribution in [-0.4, -0.2) is 72.5 Å². The predicted molar refractivity (Wildman–Crippen MR) is 191 cm³/mol. The third kappa shape index (κ3) is 13.6. The fraction of sp³-hybridized carbons (Fsp3) is 0.297. The zero-order valence-electron chi connectivity index (χ0n) is 29.2. The van der Waals surface area contributed by atoms with E-state index in [4.69, 9.17) is 4.74 Å².